The second-order valence-corrected chi connectivity index (χ2v) is 11.1. The van der Waals surface area contributed by atoms with E-state index in [1.807, 2.05) is 36.4 Å². The van der Waals surface area contributed by atoms with Crippen molar-refractivity contribution in [2.24, 2.45) is 11.8 Å². The van der Waals surface area contributed by atoms with Crippen molar-refractivity contribution in [1.29, 1.82) is 0 Å². The maximum atomic E-state index is 12.3. The lowest BCUT2D eigenvalue weighted by molar-refractivity contribution is -0.142. The molecule has 6 heteroatoms. The summed E-state index contributed by atoms with van der Waals surface area (Å²) in [5.74, 6) is -2.98. The van der Waals surface area contributed by atoms with Gasteiger partial charge in [0.25, 0.3) is 0 Å². The van der Waals surface area contributed by atoms with Crippen molar-refractivity contribution in [3.05, 3.63) is 107 Å². The lowest BCUT2D eigenvalue weighted by Gasteiger charge is -2.43. The van der Waals surface area contributed by atoms with Gasteiger partial charge in [-0.05, 0) is 53.6 Å². The summed E-state index contributed by atoms with van der Waals surface area (Å²) in [6.45, 7) is 3.51. The molecule has 0 radical (unpaired) electrons. The van der Waals surface area contributed by atoms with Crippen molar-refractivity contribution >= 4 is 11.9 Å². The first-order valence-corrected chi connectivity index (χ1v) is 13.3. The third kappa shape index (κ3) is 3.69. The lowest BCUT2D eigenvalue weighted by atomic mass is 9.58. The molecule has 4 unspecified atom stereocenters. The van der Waals surface area contributed by atoms with E-state index in [0.29, 0.717) is 19.3 Å². The van der Waals surface area contributed by atoms with E-state index >= 15 is 0 Å². The van der Waals surface area contributed by atoms with Crippen LogP contribution in [0.25, 0.3) is 22.5 Å². The van der Waals surface area contributed by atoms with Gasteiger partial charge in [-0.15, -0.1) is 0 Å². The van der Waals surface area contributed by atoms with Gasteiger partial charge in [-0.3, -0.25) is 19.6 Å². The van der Waals surface area contributed by atoms with Gasteiger partial charge in [0.05, 0.1) is 23.2 Å². The molecule has 0 spiro atoms. The van der Waals surface area contributed by atoms with Gasteiger partial charge < -0.3 is 10.2 Å². The molecule has 0 amide bonds. The maximum Gasteiger partial charge on any atom is 0.306 e. The Bertz CT molecular complexity index is 1400. The van der Waals surface area contributed by atoms with Crippen LogP contribution in [-0.4, -0.2) is 32.1 Å². The van der Waals surface area contributed by atoms with Crippen LogP contribution in [0.2, 0.25) is 0 Å². The van der Waals surface area contributed by atoms with Gasteiger partial charge in [0.15, 0.2) is 0 Å². The van der Waals surface area contributed by atoms with Gasteiger partial charge in [0, 0.05) is 34.4 Å². The van der Waals surface area contributed by atoms with Crippen molar-refractivity contribution in [2.45, 2.75) is 43.9 Å². The Morgan fingerprint density at radius 3 is 1.44 bits per heavy atom. The number of pyridine rings is 2. The van der Waals surface area contributed by atoms with Crippen molar-refractivity contribution in [3.8, 4) is 22.5 Å². The molecule has 0 aliphatic heterocycles. The minimum Gasteiger partial charge on any atom is -0.481 e. The van der Waals surface area contributed by atoms with Crippen LogP contribution in [0.15, 0.2) is 85.2 Å². The predicted molar refractivity (Wildman–Crippen MR) is 148 cm³/mol. The van der Waals surface area contributed by atoms with E-state index in [2.05, 4.69) is 36.4 Å². The second kappa shape index (κ2) is 9.16. The van der Waals surface area contributed by atoms with Crippen LogP contribution >= 0.6 is 0 Å². The molecule has 0 bridgehead atoms. The van der Waals surface area contributed by atoms with E-state index in [0.717, 1.165) is 44.8 Å². The standard InChI is InChI=1S/C33H30N2O4/c1-20(30(36)37)17-32(24-11-5-3-9-22(24)28-26(32)13-7-15-34-28)19-33(18-21(2)31(38)39)25-12-6-4-10-23(25)29-27(33)14-8-16-35-29/h3-16,20-21H,17-19H2,1-2H3,(H,36,37)(H,38,39). The molecule has 2 heterocycles. The summed E-state index contributed by atoms with van der Waals surface area (Å²) in [5, 5.41) is 20.2. The van der Waals surface area contributed by atoms with Gasteiger partial charge in [0.1, 0.15) is 0 Å². The molecule has 2 N–H and O–H groups in total. The number of fused-ring (bicyclic) bond motifs is 6. The van der Waals surface area contributed by atoms with Gasteiger partial charge in [-0.2, -0.15) is 0 Å². The number of aromatic nitrogens is 2. The lowest BCUT2D eigenvalue weighted by Crippen LogP contribution is -2.41. The number of aliphatic carboxylic acids is 2. The first-order valence-electron chi connectivity index (χ1n) is 13.3. The number of benzene rings is 2. The summed E-state index contributed by atoms with van der Waals surface area (Å²) < 4.78 is 0. The molecular formula is C33H30N2O4. The third-order valence-electron chi connectivity index (χ3n) is 8.80. The highest BCUT2D eigenvalue weighted by Crippen LogP contribution is 2.62. The molecule has 4 aromatic rings. The van der Waals surface area contributed by atoms with Crippen LogP contribution in [-0.2, 0) is 20.4 Å². The van der Waals surface area contributed by atoms with Crippen LogP contribution in [0.4, 0.5) is 0 Å². The third-order valence-corrected chi connectivity index (χ3v) is 8.80. The largest absolute Gasteiger partial charge is 0.481 e. The minimum absolute atomic E-state index is 0.360. The molecule has 0 fully saturated rings. The summed E-state index contributed by atoms with van der Waals surface area (Å²) >= 11 is 0. The van der Waals surface area contributed by atoms with Crippen molar-refractivity contribution in [3.63, 3.8) is 0 Å². The average Bonchev–Trinajstić information content (AvgIpc) is 3.37. The summed E-state index contributed by atoms with van der Waals surface area (Å²) in [5.41, 5.74) is 6.41. The smallest absolute Gasteiger partial charge is 0.306 e. The zero-order chi connectivity index (χ0) is 27.4. The molecule has 39 heavy (non-hydrogen) atoms. The molecule has 0 saturated carbocycles. The Hall–Kier alpha value is -4.32. The SMILES string of the molecule is CC(CC1(CC2(CC(C)C(=O)O)c3ccccc3-c3ncccc32)c2ccccc2-c2ncccc21)C(=O)O. The number of nitrogens with zero attached hydrogens (tertiary/aromatic N) is 2. The number of carbonyl (C=O) groups is 2. The van der Waals surface area contributed by atoms with Crippen molar-refractivity contribution < 1.29 is 19.8 Å². The highest BCUT2D eigenvalue weighted by atomic mass is 16.4. The van der Waals surface area contributed by atoms with E-state index in [-0.39, 0.29) is 0 Å². The number of rotatable bonds is 8. The zero-order valence-electron chi connectivity index (χ0n) is 22.0. The van der Waals surface area contributed by atoms with Crippen LogP contribution in [0.1, 0.15) is 55.4 Å². The second-order valence-electron chi connectivity index (χ2n) is 11.1. The first-order chi connectivity index (χ1) is 18.8. The fourth-order valence-corrected chi connectivity index (χ4v) is 7.22. The number of hydrogen-bond donors (Lipinski definition) is 2. The Kier molecular flexibility index (Phi) is 5.87. The van der Waals surface area contributed by atoms with Gasteiger partial charge in [-0.1, -0.05) is 74.5 Å². The van der Waals surface area contributed by atoms with Gasteiger partial charge >= 0.3 is 11.9 Å². The Labute approximate surface area is 227 Å². The quantitative estimate of drug-likeness (QED) is 0.283. The zero-order valence-corrected chi connectivity index (χ0v) is 22.0. The minimum atomic E-state index is -0.856. The van der Waals surface area contributed by atoms with E-state index in [1.165, 1.54) is 0 Å². The molecule has 2 aliphatic rings. The van der Waals surface area contributed by atoms with Crippen LogP contribution in [0.5, 0.6) is 0 Å². The predicted octanol–water partition coefficient (Wildman–Crippen LogP) is 6.32. The summed E-state index contributed by atoms with van der Waals surface area (Å²) in [6, 6.07) is 24.2. The van der Waals surface area contributed by atoms with E-state index in [1.54, 1.807) is 26.2 Å². The normalized spacial score (nSPS) is 21.8. The molecule has 0 saturated heterocycles. The Balaban J connectivity index is 1.67. The number of hydrogen-bond acceptors (Lipinski definition) is 4. The fraction of sp³-hybridized carbons (Fsp3) is 0.273. The average molecular weight is 519 g/mol. The first kappa shape index (κ1) is 25.0. The number of carboxylic acid groups (broad SMARTS) is 2. The van der Waals surface area contributed by atoms with Crippen molar-refractivity contribution in [2.75, 3.05) is 0 Å². The maximum absolute atomic E-state index is 12.3. The van der Waals surface area contributed by atoms with Crippen molar-refractivity contribution in [1.82, 2.24) is 9.97 Å². The molecule has 2 aromatic carbocycles. The summed E-state index contributed by atoms with van der Waals surface area (Å²) in [4.78, 5) is 34.2. The van der Waals surface area contributed by atoms with E-state index in [9.17, 15) is 19.8 Å². The molecule has 196 valence electrons. The Morgan fingerprint density at radius 2 is 1.03 bits per heavy atom. The molecule has 2 aliphatic carbocycles. The van der Waals surface area contributed by atoms with Crippen LogP contribution in [0, 0.1) is 11.8 Å². The van der Waals surface area contributed by atoms with E-state index < -0.39 is 34.6 Å². The summed E-state index contributed by atoms with van der Waals surface area (Å²) in [7, 11) is 0. The van der Waals surface area contributed by atoms with Crippen LogP contribution < -0.4 is 0 Å². The monoisotopic (exact) mass is 518 g/mol. The molecular weight excluding hydrogens is 488 g/mol. The van der Waals surface area contributed by atoms with Crippen LogP contribution in [0.3, 0.4) is 0 Å². The van der Waals surface area contributed by atoms with E-state index in [4.69, 9.17) is 9.97 Å². The fourth-order valence-electron chi connectivity index (χ4n) is 7.22. The van der Waals surface area contributed by atoms with Gasteiger partial charge in [0.2, 0.25) is 0 Å². The van der Waals surface area contributed by atoms with Gasteiger partial charge in [-0.25, -0.2) is 0 Å². The number of carboxylic acids is 2. The topological polar surface area (TPSA) is 100 Å². The highest BCUT2D eigenvalue weighted by Gasteiger charge is 2.55. The molecule has 6 rings (SSSR count). The molecule has 2 aromatic heterocycles. The highest BCUT2D eigenvalue weighted by molar-refractivity contribution is 5.82. The molecule has 6 nitrogen and oxygen atoms in total. The summed E-state index contributed by atoms with van der Waals surface area (Å²) in [6.07, 6.45) is 4.77. The molecule has 4 atom stereocenters. The Morgan fingerprint density at radius 1 is 0.641 bits per heavy atom.